The minimum absolute atomic E-state index is 0.0661. The molecule has 4 unspecified atom stereocenters. The van der Waals surface area contributed by atoms with Crippen LogP contribution < -0.4 is 4.74 Å². The van der Waals surface area contributed by atoms with Crippen molar-refractivity contribution in [3.63, 3.8) is 0 Å². The highest BCUT2D eigenvalue weighted by molar-refractivity contribution is 5.86. The first kappa shape index (κ1) is 20.0. The molecule has 1 aromatic carbocycles. The Bertz CT molecular complexity index is 976. The predicted molar refractivity (Wildman–Crippen MR) is 115 cm³/mol. The first-order chi connectivity index (χ1) is 15.0. The fourth-order valence-electron chi connectivity index (χ4n) is 6.76. The number of nitrogens with zero attached hydrogens (tertiary/aromatic N) is 1. The number of hydrogen-bond donors (Lipinski definition) is 4. The van der Waals surface area contributed by atoms with Crippen LogP contribution in [0.25, 0.3) is 10.9 Å². The van der Waals surface area contributed by atoms with Crippen LogP contribution in [-0.4, -0.2) is 75.5 Å². The molecule has 2 aromatic rings. The van der Waals surface area contributed by atoms with E-state index in [9.17, 15) is 15.3 Å². The van der Waals surface area contributed by atoms with Crippen molar-refractivity contribution < 1.29 is 24.8 Å². The van der Waals surface area contributed by atoms with E-state index in [0.29, 0.717) is 17.7 Å². The van der Waals surface area contributed by atoms with Gasteiger partial charge in [-0.2, -0.15) is 0 Å². The molecule has 7 nitrogen and oxygen atoms in total. The Labute approximate surface area is 182 Å². The van der Waals surface area contributed by atoms with Crippen LogP contribution in [0.4, 0.5) is 0 Å². The molecule has 168 valence electrons. The molecule has 4 aliphatic heterocycles. The summed E-state index contributed by atoms with van der Waals surface area (Å²) in [5.41, 5.74) is 3.94. The molecule has 7 heteroatoms. The second-order valence-electron chi connectivity index (χ2n) is 9.94. The number of nitrogens with one attached hydrogen (secondary N) is 1. The molecule has 5 aliphatic rings. The van der Waals surface area contributed by atoms with E-state index in [-0.39, 0.29) is 6.61 Å². The fraction of sp³-hybridized carbons (Fsp3) is 0.667. The lowest BCUT2D eigenvalue weighted by atomic mass is 9.65. The molecule has 1 aromatic heterocycles. The Morgan fingerprint density at radius 1 is 1.19 bits per heavy atom. The van der Waals surface area contributed by atoms with E-state index in [1.807, 2.05) is 18.2 Å². The van der Waals surface area contributed by atoms with Crippen molar-refractivity contribution in [3.8, 4) is 5.75 Å². The third-order valence-corrected chi connectivity index (χ3v) is 8.19. The molecule has 4 N–H and O–H groups in total. The highest BCUT2D eigenvalue weighted by atomic mass is 16.7. The van der Waals surface area contributed by atoms with Gasteiger partial charge < -0.3 is 29.8 Å². The molecule has 0 spiro atoms. The quantitative estimate of drug-likeness (QED) is 0.595. The zero-order chi connectivity index (χ0) is 21.3. The number of piperidine rings is 2. The Morgan fingerprint density at radius 3 is 2.90 bits per heavy atom. The van der Waals surface area contributed by atoms with Crippen molar-refractivity contribution >= 4 is 10.9 Å². The molecular weight excluding hydrogens is 396 g/mol. The van der Waals surface area contributed by atoms with Crippen LogP contribution in [-0.2, 0) is 11.2 Å². The number of rotatable bonds is 3. The zero-order valence-corrected chi connectivity index (χ0v) is 17.9. The minimum Gasteiger partial charge on any atom is -0.462 e. The predicted octanol–water partition coefficient (Wildman–Crippen LogP) is 1.75. The SMILES string of the molecule is CCC1C[C@H]2C[C@H]3c4[nH]c5ccc(OC6OC[C@@H](O)[C@@H](O)[C@H]6O)cc5c4CCN(C2)C13. The zero-order valence-electron chi connectivity index (χ0n) is 17.9. The first-order valence-electron chi connectivity index (χ1n) is 11.7. The van der Waals surface area contributed by atoms with Gasteiger partial charge in [0, 0.05) is 41.6 Å². The molecule has 3 saturated heterocycles. The van der Waals surface area contributed by atoms with Gasteiger partial charge in [-0.15, -0.1) is 0 Å². The molecule has 4 fully saturated rings. The number of fused-ring (bicyclic) bond motifs is 4. The van der Waals surface area contributed by atoms with E-state index in [4.69, 9.17) is 9.47 Å². The average Bonchev–Trinajstić information content (AvgIpc) is 3.10. The third kappa shape index (κ3) is 3.13. The summed E-state index contributed by atoms with van der Waals surface area (Å²) in [7, 11) is 0. The van der Waals surface area contributed by atoms with E-state index in [0.717, 1.165) is 30.3 Å². The number of benzene rings is 1. The van der Waals surface area contributed by atoms with Gasteiger partial charge in [0.1, 0.15) is 24.1 Å². The third-order valence-electron chi connectivity index (χ3n) is 8.19. The maximum Gasteiger partial charge on any atom is 0.228 e. The summed E-state index contributed by atoms with van der Waals surface area (Å²) in [5.74, 6) is 2.78. The maximum atomic E-state index is 10.2. The van der Waals surface area contributed by atoms with Gasteiger partial charge in [0.2, 0.25) is 6.29 Å². The molecule has 31 heavy (non-hydrogen) atoms. The Morgan fingerprint density at radius 2 is 2.06 bits per heavy atom. The lowest BCUT2D eigenvalue weighted by molar-refractivity contribution is -0.242. The largest absolute Gasteiger partial charge is 0.462 e. The van der Waals surface area contributed by atoms with Crippen molar-refractivity contribution in [1.29, 1.82) is 0 Å². The summed E-state index contributed by atoms with van der Waals surface area (Å²) >= 11 is 0. The van der Waals surface area contributed by atoms with Gasteiger partial charge in [-0.3, -0.25) is 4.90 Å². The van der Waals surface area contributed by atoms with Gasteiger partial charge in [-0.1, -0.05) is 13.3 Å². The monoisotopic (exact) mass is 428 g/mol. The second-order valence-corrected chi connectivity index (χ2v) is 9.94. The second kappa shape index (κ2) is 7.46. The van der Waals surface area contributed by atoms with Crippen LogP contribution in [0.2, 0.25) is 0 Å². The van der Waals surface area contributed by atoms with Gasteiger partial charge in [0.25, 0.3) is 0 Å². The van der Waals surface area contributed by atoms with Crippen molar-refractivity contribution in [2.75, 3.05) is 19.7 Å². The van der Waals surface area contributed by atoms with E-state index >= 15 is 0 Å². The molecule has 0 radical (unpaired) electrons. The van der Waals surface area contributed by atoms with Crippen LogP contribution >= 0.6 is 0 Å². The Balaban J connectivity index is 1.32. The van der Waals surface area contributed by atoms with Gasteiger partial charge in [-0.25, -0.2) is 0 Å². The van der Waals surface area contributed by atoms with E-state index in [1.54, 1.807) is 0 Å². The molecule has 1 aliphatic carbocycles. The Kier molecular flexibility index (Phi) is 4.81. The normalized spacial score (nSPS) is 41.7. The van der Waals surface area contributed by atoms with Crippen molar-refractivity contribution in [1.82, 2.24) is 9.88 Å². The lowest BCUT2D eigenvalue weighted by Gasteiger charge is -2.53. The Hall–Kier alpha value is -1.64. The number of aliphatic hydroxyl groups is 3. The van der Waals surface area contributed by atoms with Crippen molar-refractivity contribution in [2.24, 2.45) is 11.8 Å². The minimum atomic E-state index is -1.30. The number of aromatic nitrogens is 1. The molecule has 9 atom stereocenters. The maximum absolute atomic E-state index is 10.2. The van der Waals surface area contributed by atoms with E-state index in [1.165, 1.54) is 42.5 Å². The molecule has 1 saturated carbocycles. The highest BCUT2D eigenvalue weighted by Crippen LogP contribution is 2.51. The van der Waals surface area contributed by atoms with Crippen molar-refractivity contribution in [3.05, 3.63) is 29.5 Å². The summed E-state index contributed by atoms with van der Waals surface area (Å²) in [6, 6.07) is 6.59. The lowest BCUT2D eigenvalue weighted by Crippen LogP contribution is -2.56. The molecule has 5 heterocycles. The van der Waals surface area contributed by atoms with Crippen LogP contribution in [0.5, 0.6) is 5.75 Å². The fourth-order valence-corrected chi connectivity index (χ4v) is 6.76. The summed E-state index contributed by atoms with van der Waals surface area (Å²) in [5, 5.41) is 31.0. The van der Waals surface area contributed by atoms with Crippen LogP contribution in [0.1, 0.15) is 43.4 Å². The number of hydrogen-bond acceptors (Lipinski definition) is 6. The summed E-state index contributed by atoms with van der Waals surface area (Å²) in [6.45, 7) is 4.63. The summed E-state index contributed by atoms with van der Waals surface area (Å²) in [4.78, 5) is 6.50. The van der Waals surface area contributed by atoms with E-state index < -0.39 is 24.6 Å². The number of aliphatic hydroxyl groups excluding tert-OH is 3. The van der Waals surface area contributed by atoms with Gasteiger partial charge >= 0.3 is 0 Å². The van der Waals surface area contributed by atoms with E-state index in [2.05, 4.69) is 16.8 Å². The molecular formula is C24H32N2O5. The topological polar surface area (TPSA) is 98.2 Å². The molecule has 0 amide bonds. The van der Waals surface area contributed by atoms with Gasteiger partial charge in [-0.05, 0) is 54.9 Å². The smallest absolute Gasteiger partial charge is 0.228 e. The number of ether oxygens (including phenoxy) is 2. The molecule has 7 rings (SSSR count). The standard InChI is InChI=1S/C24H32N2O5/c1-2-13-7-12-8-17-20-15(5-6-26(10-12)21(13)17)16-9-14(3-4-18(16)25-20)31-24-23(29)22(28)19(27)11-30-24/h3-4,9,12-13,17,19,21-25,27-29H,2,5-8,10-11H2,1H3/t12-,13?,17-,19+,21?,22+,23+,24?/m0/s1. The van der Waals surface area contributed by atoms with Crippen LogP contribution in [0.3, 0.4) is 0 Å². The highest BCUT2D eigenvalue weighted by Gasteiger charge is 2.48. The van der Waals surface area contributed by atoms with Gasteiger partial charge in [0.05, 0.1) is 6.61 Å². The van der Waals surface area contributed by atoms with Gasteiger partial charge in [0.15, 0.2) is 0 Å². The summed E-state index contributed by atoms with van der Waals surface area (Å²) in [6.07, 6.45) is 0.274. The number of H-pyrrole nitrogens is 1. The molecule has 4 bridgehead atoms. The number of aromatic amines is 1. The van der Waals surface area contributed by atoms with Crippen LogP contribution in [0.15, 0.2) is 18.2 Å². The van der Waals surface area contributed by atoms with Crippen molar-refractivity contribution in [2.45, 2.75) is 69.2 Å². The average molecular weight is 429 g/mol. The van der Waals surface area contributed by atoms with Crippen LogP contribution in [0, 0.1) is 11.8 Å². The summed E-state index contributed by atoms with van der Waals surface area (Å²) < 4.78 is 11.3. The first-order valence-corrected chi connectivity index (χ1v) is 11.7.